The van der Waals surface area contributed by atoms with Crippen LogP contribution in [0.25, 0.3) is 5.69 Å². The van der Waals surface area contributed by atoms with Crippen LogP contribution in [-0.4, -0.2) is 29.7 Å². The molecule has 0 spiro atoms. The second kappa shape index (κ2) is 9.89. The molecule has 1 heterocycles. The largest absolute Gasteiger partial charge is 0.495 e. The van der Waals surface area contributed by atoms with E-state index in [4.69, 9.17) is 27.9 Å². The number of halogens is 2. The Labute approximate surface area is 196 Å². The van der Waals surface area contributed by atoms with E-state index in [0.29, 0.717) is 21.5 Å². The molecule has 0 atom stereocenters. The van der Waals surface area contributed by atoms with Crippen molar-refractivity contribution in [2.45, 2.75) is 20.8 Å². The van der Waals surface area contributed by atoms with Crippen molar-refractivity contribution in [1.29, 1.82) is 0 Å². The first-order valence-electron chi connectivity index (χ1n) is 9.64. The van der Waals surface area contributed by atoms with Gasteiger partial charge in [-0.1, -0.05) is 29.3 Å². The number of methoxy groups -OCH3 is 1. The molecule has 1 aromatic heterocycles. The van der Waals surface area contributed by atoms with Crippen molar-refractivity contribution in [3.05, 3.63) is 75.0 Å². The summed E-state index contributed by atoms with van der Waals surface area (Å²) in [6.45, 7) is 5.70. The zero-order valence-corrected chi connectivity index (χ0v) is 19.5. The van der Waals surface area contributed by atoms with E-state index in [-0.39, 0.29) is 0 Å². The van der Waals surface area contributed by atoms with Crippen LogP contribution in [0.4, 0.5) is 5.69 Å². The highest BCUT2D eigenvalue weighted by molar-refractivity contribution is 6.39. The average Bonchev–Trinajstić information content (AvgIpc) is 3.00. The molecule has 32 heavy (non-hydrogen) atoms. The van der Waals surface area contributed by atoms with Gasteiger partial charge in [-0.25, -0.2) is 5.43 Å². The number of hydrazone groups is 1. The number of ether oxygens (including phenoxy) is 1. The van der Waals surface area contributed by atoms with Crippen LogP contribution < -0.4 is 15.5 Å². The maximum absolute atomic E-state index is 12.2. The summed E-state index contributed by atoms with van der Waals surface area (Å²) in [6.07, 6.45) is 1.48. The number of aromatic nitrogens is 1. The lowest BCUT2D eigenvalue weighted by molar-refractivity contribution is -0.136. The van der Waals surface area contributed by atoms with E-state index in [1.165, 1.54) is 13.3 Å². The smallest absolute Gasteiger partial charge is 0.329 e. The Kier molecular flexibility index (Phi) is 7.22. The van der Waals surface area contributed by atoms with Crippen LogP contribution in [-0.2, 0) is 9.59 Å². The zero-order chi connectivity index (χ0) is 23.4. The predicted octanol–water partition coefficient (Wildman–Crippen LogP) is 4.81. The Morgan fingerprint density at radius 3 is 2.34 bits per heavy atom. The van der Waals surface area contributed by atoms with Crippen LogP contribution >= 0.6 is 23.2 Å². The third-order valence-electron chi connectivity index (χ3n) is 4.75. The molecule has 0 unspecified atom stereocenters. The van der Waals surface area contributed by atoms with E-state index in [1.807, 2.05) is 37.5 Å². The molecule has 3 aromatic rings. The number of rotatable bonds is 5. The highest BCUT2D eigenvalue weighted by atomic mass is 35.5. The van der Waals surface area contributed by atoms with E-state index in [2.05, 4.69) is 15.8 Å². The molecule has 0 saturated heterocycles. The van der Waals surface area contributed by atoms with Crippen LogP contribution in [0.3, 0.4) is 0 Å². The fourth-order valence-corrected chi connectivity index (χ4v) is 3.81. The summed E-state index contributed by atoms with van der Waals surface area (Å²) in [5, 5.41) is 7.51. The van der Waals surface area contributed by atoms with Crippen LogP contribution in [0.1, 0.15) is 22.5 Å². The van der Waals surface area contributed by atoms with Gasteiger partial charge in [-0.15, -0.1) is 0 Å². The summed E-state index contributed by atoms with van der Waals surface area (Å²) in [7, 11) is 1.48. The Balaban J connectivity index is 1.72. The number of carbonyl (C=O) groups excluding carboxylic acids is 2. The number of hydrogen-bond donors (Lipinski definition) is 2. The van der Waals surface area contributed by atoms with Crippen molar-refractivity contribution in [1.82, 2.24) is 9.99 Å². The molecule has 0 fully saturated rings. The molecule has 166 valence electrons. The SMILES string of the molecule is COc1ccc(C)cc1NC(=O)C(=O)N/N=C\c1cc(C)n(-c2cc(Cl)cc(Cl)c2)c1C. The van der Waals surface area contributed by atoms with Crippen LogP contribution in [0.15, 0.2) is 47.6 Å². The van der Waals surface area contributed by atoms with Gasteiger partial charge >= 0.3 is 11.8 Å². The first kappa shape index (κ1) is 23.4. The molecule has 2 amide bonds. The molecular weight excluding hydrogens is 451 g/mol. The predicted molar refractivity (Wildman–Crippen MR) is 127 cm³/mol. The number of carbonyl (C=O) groups is 2. The summed E-state index contributed by atoms with van der Waals surface area (Å²) < 4.78 is 7.17. The average molecular weight is 473 g/mol. The van der Waals surface area contributed by atoms with Gasteiger partial charge < -0.3 is 14.6 Å². The Bertz CT molecular complexity index is 1200. The first-order chi connectivity index (χ1) is 15.2. The standard InChI is InChI=1S/C23H22Cl2N4O3/c1-13-5-6-21(32-4)20(7-13)27-22(30)23(31)28-26-12-16-8-14(2)29(15(16)3)19-10-17(24)9-18(25)11-19/h5-12H,1-4H3,(H,27,30)(H,28,31)/b26-12-. The quantitative estimate of drug-likeness (QED) is 0.317. The summed E-state index contributed by atoms with van der Waals surface area (Å²) >= 11 is 12.3. The molecule has 0 bridgehead atoms. The summed E-state index contributed by atoms with van der Waals surface area (Å²) in [4.78, 5) is 24.4. The topological polar surface area (TPSA) is 84.7 Å². The number of nitrogens with one attached hydrogen (secondary N) is 2. The summed E-state index contributed by atoms with van der Waals surface area (Å²) in [5.41, 5.74) is 6.93. The molecule has 0 aliphatic rings. The lowest BCUT2D eigenvalue weighted by Crippen LogP contribution is -2.32. The zero-order valence-electron chi connectivity index (χ0n) is 18.0. The van der Waals surface area contributed by atoms with Gasteiger partial charge in [0, 0.05) is 32.7 Å². The first-order valence-corrected chi connectivity index (χ1v) is 10.4. The van der Waals surface area contributed by atoms with Crippen LogP contribution in [0.2, 0.25) is 10.0 Å². The van der Waals surface area contributed by atoms with Gasteiger partial charge in [0.05, 0.1) is 19.0 Å². The number of benzene rings is 2. The number of aryl methyl sites for hydroxylation is 2. The Hall–Kier alpha value is -3.29. The van der Waals surface area contributed by atoms with Crippen molar-refractivity contribution in [2.24, 2.45) is 5.10 Å². The maximum Gasteiger partial charge on any atom is 0.329 e. The van der Waals surface area contributed by atoms with Crippen molar-refractivity contribution < 1.29 is 14.3 Å². The van der Waals surface area contributed by atoms with E-state index < -0.39 is 11.8 Å². The third kappa shape index (κ3) is 5.30. The minimum absolute atomic E-state index is 0.403. The number of hydrogen-bond acceptors (Lipinski definition) is 4. The fourth-order valence-electron chi connectivity index (χ4n) is 3.29. The molecule has 3 rings (SSSR count). The van der Waals surface area contributed by atoms with Crippen LogP contribution in [0.5, 0.6) is 5.75 Å². The molecule has 0 aliphatic carbocycles. The van der Waals surface area contributed by atoms with Crippen molar-refractivity contribution in [2.75, 3.05) is 12.4 Å². The second-order valence-corrected chi connectivity index (χ2v) is 8.02. The monoisotopic (exact) mass is 472 g/mol. The van der Waals surface area contributed by atoms with Gasteiger partial charge in [0.1, 0.15) is 5.75 Å². The molecule has 0 aliphatic heterocycles. The molecule has 2 aromatic carbocycles. The summed E-state index contributed by atoms with van der Waals surface area (Å²) in [5.74, 6) is -1.31. The minimum atomic E-state index is -0.903. The van der Waals surface area contributed by atoms with Gasteiger partial charge in [0.25, 0.3) is 0 Å². The number of nitrogens with zero attached hydrogens (tertiary/aromatic N) is 2. The van der Waals surface area contributed by atoms with Gasteiger partial charge in [0.15, 0.2) is 0 Å². The van der Waals surface area contributed by atoms with E-state index in [9.17, 15) is 9.59 Å². The maximum atomic E-state index is 12.2. The molecule has 9 heteroatoms. The Morgan fingerprint density at radius 1 is 1.00 bits per heavy atom. The normalized spacial score (nSPS) is 10.9. The summed E-state index contributed by atoms with van der Waals surface area (Å²) in [6, 6.07) is 12.4. The second-order valence-electron chi connectivity index (χ2n) is 7.15. The third-order valence-corrected chi connectivity index (χ3v) is 5.19. The molecular formula is C23H22Cl2N4O3. The Morgan fingerprint density at radius 2 is 1.69 bits per heavy atom. The van der Waals surface area contributed by atoms with Crippen molar-refractivity contribution >= 4 is 46.9 Å². The van der Waals surface area contributed by atoms with Crippen molar-refractivity contribution in [3.8, 4) is 11.4 Å². The lowest BCUT2D eigenvalue weighted by atomic mass is 10.2. The minimum Gasteiger partial charge on any atom is -0.495 e. The van der Waals surface area contributed by atoms with Gasteiger partial charge in [0.2, 0.25) is 0 Å². The highest BCUT2D eigenvalue weighted by Crippen LogP contribution is 2.26. The molecule has 2 N–H and O–H groups in total. The van der Waals surface area contributed by atoms with Gasteiger partial charge in [-0.3, -0.25) is 9.59 Å². The molecule has 7 nitrogen and oxygen atoms in total. The van der Waals surface area contributed by atoms with Gasteiger partial charge in [-0.2, -0.15) is 5.10 Å². The number of amides is 2. The van der Waals surface area contributed by atoms with Crippen molar-refractivity contribution in [3.63, 3.8) is 0 Å². The van der Waals surface area contributed by atoms with E-state index >= 15 is 0 Å². The highest BCUT2D eigenvalue weighted by Gasteiger charge is 2.16. The van der Waals surface area contributed by atoms with E-state index in [0.717, 1.165) is 28.2 Å². The van der Waals surface area contributed by atoms with Gasteiger partial charge in [-0.05, 0) is 62.7 Å². The number of anilines is 1. The molecule has 0 radical (unpaired) electrons. The van der Waals surface area contributed by atoms with E-state index in [1.54, 1.807) is 30.3 Å². The lowest BCUT2D eigenvalue weighted by Gasteiger charge is -2.10. The molecule has 0 saturated carbocycles. The fraction of sp³-hybridized carbons (Fsp3) is 0.174. The van der Waals surface area contributed by atoms with Crippen LogP contribution in [0, 0.1) is 20.8 Å².